The fraction of sp³-hybridized carbons (Fsp3) is 0.500. The van der Waals surface area contributed by atoms with Crippen molar-refractivity contribution in [3.05, 3.63) is 34.8 Å². The van der Waals surface area contributed by atoms with Crippen LogP contribution in [-0.4, -0.2) is 6.61 Å². The quantitative estimate of drug-likeness (QED) is 0.570. The third kappa shape index (κ3) is 4.61. The van der Waals surface area contributed by atoms with Gasteiger partial charge in [-0.15, -0.1) is 0 Å². The van der Waals surface area contributed by atoms with E-state index in [0.29, 0.717) is 5.69 Å². The standard InChI is InChI=1S/C12H17N2O.ClH/c1-3-4-8-15-10(2)11-6-5-7-12(9-11)14-13;/h5-7,9-10H,3-4,8H2,1-2H3;1H/q+1;/p-1. The zero-order valence-electron chi connectivity index (χ0n) is 9.69. The van der Waals surface area contributed by atoms with Gasteiger partial charge in [0.2, 0.25) is 5.39 Å². The van der Waals surface area contributed by atoms with Crippen molar-refractivity contribution in [3.8, 4) is 0 Å². The molecular weight excluding hydrogens is 224 g/mol. The summed E-state index contributed by atoms with van der Waals surface area (Å²) in [5.74, 6) is 0. The van der Waals surface area contributed by atoms with Crippen molar-refractivity contribution < 1.29 is 17.1 Å². The van der Waals surface area contributed by atoms with Gasteiger partial charge in [0.1, 0.15) is 0 Å². The van der Waals surface area contributed by atoms with E-state index < -0.39 is 0 Å². The average molecular weight is 241 g/mol. The summed E-state index contributed by atoms with van der Waals surface area (Å²) in [7, 11) is 0. The van der Waals surface area contributed by atoms with Crippen LogP contribution in [-0.2, 0) is 4.74 Å². The van der Waals surface area contributed by atoms with Crippen LogP contribution in [0.3, 0.4) is 0 Å². The minimum atomic E-state index is 0. The molecule has 88 valence electrons. The lowest BCUT2D eigenvalue weighted by atomic mass is 10.1. The van der Waals surface area contributed by atoms with Gasteiger partial charge in [0.15, 0.2) is 4.98 Å². The summed E-state index contributed by atoms with van der Waals surface area (Å²) in [6.45, 7) is 4.92. The molecule has 1 aromatic carbocycles. The SMILES string of the molecule is CCCCOC(C)c1cccc([N+]#N)c1.[Cl-]. The van der Waals surface area contributed by atoms with Gasteiger partial charge in [-0.2, -0.15) is 0 Å². The van der Waals surface area contributed by atoms with Crippen molar-refractivity contribution in [2.75, 3.05) is 6.61 Å². The molecule has 1 rings (SSSR count). The number of unbranched alkanes of at least 4 members (excludes halogenated alkanes) is 1. The minimum absolute atomic E-state index is 0. The van der Waals surface area contributed by atoms with Crippen LogP contribution in [0.15, 0.2) is 24.3 Å². The molecule has 0 radical (unpaired) electrons. The molecule has 0 aliphatic carbocycles. The maximum Gasteiger partial charge on any atom is 0.385 e. The Hall–Kier alpha value is -1.11. The Bertz CT molecular complexity index is 349. The van der Waals surface area contributed by atoms with Crippen LogP contribution in [0, 0.1) is 5.39 Å². The maximum atomic E-state index is 8.64. The summed E-state index contributed by atoms with van der Waals surface area (Å²) in [5.41, 5.74) is 1.61. The molecule has 0 aliphatic heterocycles. The highest BCUT2D eigenvalue weighted by molar-refractivity contribution is 5.46. The van der Waals surface area contributed by atoms with E-state index in [0.717, 1.165) is 25.0 Å². The molecule has 0 bridgehead atoms. The second-order valence-corrected chi connectivity index (χ2v) is 3.56. The molecule has 0 fully saturated rings. The molecular formula is C12H17ClN2O. The fourth-order valence-electron chi connectivity index (χ4n) is 1.34. The number of ether oxygens (including phenoxy) is 1. The second kappa shape index (κ2) is 8.09. The topological polar surface area (TPSA) is 37.4 Å². The minimum Gasteiger partial charge on any atom is -1.00 e. The summed E-state index contributed by atoms with van der Waals surface area (Å²) in [6, 6.07) is 7.42. The predicted octanol–water partition coefficient (Wildman–Crippen LogP) is 1.05. The summed E-state index contributed by atoms with van der Waals surface area (Å²) >= 11 is 0. The van der Waals surface area contributed by atoms with Gasteiger partial charge in [-0.25, -0.2) is 0 Å². The van der Waals surface area contributed by atoms with E-state index in [4.69, 9.17) is 10.1 Å². The molecule has 0 saturated heterocycles. The van der Waals surface area contributed by atoms with Crippen LogP contribution in [0.5, 0.6) is 0 Å². The first-order valence-electron chi connectivity index (χ1n) is 5.34. The fourth-order valence-corrected chi connectivity index (χ4v) is 1.34. The van der Waals surface area contributed by atoms with Gasteiger partial charge in [-0.05, 0) is 18.9 Å². The molecule has 0 amide bonds. The molecule has 0 aromatic heterocycles. The Labute approximate surface area is 103 Å². The molecule has 3 nitrogen and oxygen atoms in total. The molecule has 0 saturated carbocycles. The van der Waals surface area contributed by atoms with Gasteiger partial charge < -0.3 is 17.1 Å². The van der Waals surface area contributed by atoms with Crippen LogP contribution in [0.25, 0.3) is 4.98 Å². The van der Waals surface area contributed by atoms with Gasteiger partial charge >= 0.3 is 5.69 Å². The second-order valence-electron chi connectivity index (χ2n) is 3.56. The third-order valence-electron chi connectivity index (χ3n) is 2.32. The summed E-state index contributed by atoms with van der Waals surface area (Å²) in [6.07, 6.45) is 2.27. The van der Waals surface area contributed by atoms with Crippen LogP contribution >= 0.6 is 0 Å². The van der Waals surface area contributed by atoms with E-state index in [1.807, 2.05) is 25.1 Å². The molecule has 1 aromatic rings. The van der Waals surface area contributed by atoms with E-state index in [9.17, 15) is 0 Å². The highest BCUT2D eigenvalue weighted by Crippen LogP contribution is 2.22. The maximum absolute atomic E-state index is 8.64. The van der Waals surface area contributed by atoms with Crippen molar-refractivity contribution in [2.45, 2.75) is 32.8 Å². The molecule has 0 aliphatic rings. The lowest BCUT2D eigenvalue weighted by Crippen LogP contribution is -3.00. The molecule has 1 atom stereocenters. The predicted molar refractivity (Wildman–Crippen MR) is 60.5 cm³/mol. The lowest BCUT2D eigenvalue weighted by molar-refractivity contribution is -0.00000559. The van der Waals surface area contributed by atoms with Gasteiger partial charge in [0.05, 0.1) is 6.10 Å². The Balaban J connectivity index is 0.00000225. The van der Waals surface area contributed by atoms with E-state index in [1.165, 1.54) is 0 Å². The molecule has 0 spiro atoms. The first kappa shape index (κ1) is 14.9. The smallest absolute Gasteiger partial charge is 0.385 e. The Kier molecular flexibility index (Phi) is 7.53. The van der Waals surface area contributed by atoms with Crippen molar-refractivity contribution >= 4 is 5.69 Å². The monoisotopic (exact) mass is 240 g/mol. The summed E-state index contributed by atoms with van der Waals surface area (Å²) < 4.78 is 5.64. The number of hydrogen-bond donors (Lipinski definition) is 0. The van der Waals surface area contributed by atoms with Gasteiger partial charge in [-0.3, -0.25) is 0 Å². The zero-order valence-corrected chi connectivity index (χ0v) is 10.4. The normalized spacial score (nSPS) is 11.3. The van der Waals surface area contributed by atoms with E-state index in [2.05, 4.69) is 11.9 Å². The van der Waals surface area contributed by atoms with Crippen LogP contribution in [0.2, 0.25) is 0 Å². The number of halogens is 1. The lowest BCUT2D eigenvalue weighted by Gasteiger charge is -2.11. The first-order chi connectivity index (χ1) is 7.27. The zero-order chi connectivity index (χ0) is 11.1. The first-order valence-corrected chi connectivity index (χ1v) is 5.34. The van der Waals surface area contributed by atoms with Crippen molar-refractivity contribution in [2.24, 2.45) is 0 Å². The number of rotatable bonds is 5. The highest BCUT2D eigenvalue weighted by Gasteiger charge is 2.10. The Morgan fingerprint density at radius 2 is 2.19 bits per heavy atom. The molecule has 16 heavy (non-hydrogen) atoms. The average Bonchev–Trinajstić information content (AvgIpc) is 2.29. The number of nitrogens with zero attached hydrogens (tertiary/aromatic N) is 2. The number of benzene rings is 1. The van der Waals surface area contributed by atoms with Crippen LogP contribution < -0.4 is 12.4 Å². The van der Waals surface area contributed by atoms with Crippen LogP contribution in [0.4, 0.5) is 5.69 Å². The Morgan fingerprint density at radius 1 is 1.44 bits per heavy atom. The van der Waals surface area contributed by atoms with Crippen LogP contribution in [0.1, 0.15) is 38.4 Å². The molecule has 0 heterocycles. The van der Waals surface area contributed by atoms with Crippen molar-refractivity contribution in [3.63, 3.8) is 0 Å². The third-order valence-corrected chi connectivity index (χ3v) is 2.32. The molecule has 0 N–H and O–H groups in total. The Morgan fingerprint density at radius 3 is 2.81 bits per heavy atom. The number of diazo groups is 1. The van der Waals surface area contributed by atoms with E-state index in [1.54, 1.807) is 6.07 Å². The van der Waals surface area contributed by atoms with Crippen molar-refractivity contribution in [1.29, 1.82) is 5.39 Å². The molecule has 4 heteroatoms. The van der Waals surface area contributed by atoms with Crippen molar-refractivity contribution in [1.82, 2.24) is 0 Å². The highest BCUT2D eigenvalue weighted by atomic mass is 35.5. The van der Waals surface area contributed by atoms with Gasteiger partial charge in [0, 0.05) is 18.7 Å². The summed E-state index contributed by atoms with van der Waals surface area (Å²) in [5, 5.41) is 8.64. The largest absolute Gasteiger partial charge is 1.00 e. The van der Waals surface area contributed by atoms with Gasteiger partial charge in [0.25, 0.3) is 0 Å². The van der Waals surface area contributed by atoms with Gasteiger partial charge in [-0.1, -0.05) is 25.5 Å². The molecule has 1 unspecified atom stereocenters. The summed E-state index contributed by atoms with van der Waals surface area (Å²) in [4.78, 5) is 3.15. The van der Waals surface area contributed by atoms with E-state index >= 15 is 0 Å². The number of hydrogen-bond acceptors (Lipinski definition) is 2. The van der Waals surface area contributed by atoms with E-state index in [-0.39, 0.29) is 18.5 Å².